The Hall–Kier alpha value is -2.25. The average molecular weight is 437 g/mol. The van der Waals surface area contributed by atoms with E-state index < -0.39 is 5.82 Å². The third-order valence-corrected chi connectivity index (χ3v) is 5.05. The molecule has 132 valence electrons. The van der Waals surface area contributed by atoms with Crippen molar-refractivity contribution in [2.45, 2.75) is 12.3 Å². The molecule has 1 saturated heterocycles. The lowest BCUT2D eigenvalue weighted by molar-refractivity contribution is -0.117. The summed E-state index contributed by atoms with van der Waals surface area (Å²) in [5.74, 6) is 0.0500. The maximum Gasteiger partial charge on any atom is 0.232 e. The van der Waals surface area contributed by atoms with Crippen molar-refractivity contribution < 1.29 is 13.7 Å². The highest BCUT2D eigenvalue weighted by atomic mass is 79.9. The van der Waals surface area contributed by atoms with Gasteiger partial charge in [0.25, 0.3) is 0 Å². The van der Waals surface area contributed by atoms with Crippen molar-refractivity contribution in [3.8, 4) is 11.4 Å². The van der Waals surface area contributed by atoms with Gasteiger partial charge in [0, 0.05) is 28.7 Å². The van der Waals surface area contributed by atoms with Crippen LogP contribution in [0.15, 0.2) is 51.5 Å². The van der Waals surface area contributed by atoms with Gasteiger partial charge in [0.05, 0.1) is 10.9 Å². The summed E-state index contributed by atoms with van der Waals surface area (Å²) in [5.41, 5.74) is 1.38. The molecule has 4 rings (SSSR count). The van der Waals surface area contributed by atoms with Crippen LogP contribution in [0.25, 0.3) is 11.4 Å². The minimum Gasteiger partial charge on any atom is -0.339 e. The van der Waals surface area contributed by atoms with Crippen molar-refractivity contribution in [2.24, 2.45) is 0 Å². The molecule has 0 N–H and O–H groups in total. The fourth-order valence-corrected chi connectivity index (χ4v) is 3.33. The highest BCUT2D eigenvalue weighted by Crippen LogP contribution is 2.33. The monoisotopic (exact) mass is 435 g/mol. The molecule has 26 heavy (non-hydrogen) atoms. The third-order valence-electron chi connectivity index (χ3n) is 4.23. The van der Waals surface area contributed by atoms with Gasteiger partial charge in [0.1, 0.15) is 5.82 Å². The number of carbonyl (C=O) groups excluding carboxylic acids is 1. The molecule has 1 fully saturated rings. The largest absolute Gasteiger partial charge is 0.339 e. The first-order valence-corrected chi connectivity index (χ1v) is 9.03. The molecule has 8 heteroatoms. The molecular formula is C18H12BrClFN3O2. The molecule has 0 bridgehead atoms. The Kier molecular flexibility index (Phi) is 4.50. The maximum absolute atomic E-state index is 13.3. The number of nitrogens with zero attached hydrogens (tertiary/aromatic N) is 3. The Morgan fingerprint density at radius 2 is 2.00 bits per heavy atom. The van der Waals surface area contributed by atoms with Crippen LogP contribution in [0.4, 0.5) is 10.1 Å². The number of benzene rings is 2. The maximum atomic E-state index is 13.3. The second kappa shape index (κ2) is 6.81. The minimum atomic E-state index is -0.519. The average Bonchev–Trinajstić information content (AvgIpc) is 3.25. The number of anilines is 1. The van der Waals surface area contributed by atoms with E-state index in [9.17, 15) is 9.18 Å². The predicted molar refractivity (Wildman–Crippen MR) is 98.6 cm³/mol. The second-order valence-corrected chi connectivity index (χ2v) is 7.29. The van der Waals surface area contributed by atoms with Gasteiger partial charge >= 0.3 is 0 Å². The number of aromatic nitrogens is 2. The molecular weight excluding hydrogens is 425 g/mol. The van der Waals surface area contributed by atoms with E-state index in [0.29, 0.717) is 23.9 Å². The summed E-state index contributed by atoms with van der Waals surface area (Å²) in [5, 5.41) is 3.99. The first-order chi connectivity index (χ1) is 12.5. The van der Waals surface area contributed by atoms with Gasteiger partial charge in [0.2, 0.25) is 17.6 Å². The number of rotatable bonds is 3. The number of hydrogen-bond acceptors (Lipinski definition) is 4. The number of hydrogen-bond donors (Lipinski definition) is 0. The summed E-state index contributed by atoms with van der Waals surface area (Å²) in [6.07, 6.45) is 0.247. The SMILES string of the molecule is O=C1CC(c2nc(-c3ccc(Br)cc3)no2)CN1c1ccc(F)c(Cl)c1. The molecule has 2 heterocycles. The van der Waals surface area contributed by atoms with Crippen LogP contribution in [-0.4, -0.2) is 22.6 Å². The molecule has 2 aromatic carbocycles. The molecule has 0 aliphatic carbocycles. The standard InChI is InChI=1S/C18H12BrClFN3O2/c19-12-3-1-10(2-4-12)17-22-18(26-23-17)11-7-16(25)24(9-11)13-5-6-15(21)14(20)8-13/h1-6,8,11H,7,9H2. The van der Waals surface area contributed by atoms with Gasteiger partial charge in [-0.2, -0.15) is 4.98 Å². The van der Waals surface area contributed by atoms with E-state index in [1.807, 2.05) is 24.3 Å². The van der Waals surface area contributed by atoms with Gasteiger partial charge in [-0.25, -0.2) is 4.39 Å². The van der Waals surface area contributed by atoms with Crippen molar-refractivity contribution in [3.05, 3.63) is 63.7 Å². The van der Waals surface area contributed by atoms with E-state index in [0.717, 1.165) is 10.0 Å². The Morgan fingerprint density at radius 1 is 1.23 bits per heavy atom. The lowest BCUT2D eigenvalue weighted by Crippen LogP contribution is -2.24. The van der Waals surface area contributed by atoms with E-state index >= 15 is 0 Å². The molecule has 1 atom stereocenters. The van der Waals surface area contributed by atoms with E-state index in [-0.39, 0.29) is 23.3 Å². The number of halogens is 3. The van der Waals surface area contributed by atoms with Crippen LogP contribution in [0, 0.1) is 5.82 Å². The summed E-state index contributed by atoms with van der Waals surface area (Å²) < 4.78 is 19.7. The zero-order chi connectivity index (χ0) is 18.3. The Labute approximate surface area is 161 Å². The highest BCUT2D eigenvalue weighted by Gasteiger charge is 2.35. The Balaban J connectivity index is 1.55. The molecule has 1 aliphatic heterocycles. The molecule has 0 spiro atoms. The molecule has 1 amide bonds. The zero-order valence-corrected chi connectivity index (χ0v) is 15.7. The zero-order valence-electron chi connectivity index (χ0n) is 13.3. The second-order valence-electron chi connectivity index (χ2n) is 5.97. The smallest absolute Gasteiger partial charge is 0.232 e. The van der Waals surface area contributed by atoms with Crippen LogP contribution >= 0.6 is 27.5 Å². The van der Waals surface area contributed by atoms with Gasteiger partial charge in [-0.1, -0.05) is 32.7 Å². The van der Waals surface area contributed by atoms with Crippen LogP contribution in [0.5, 0.6) is 0 Å². The van der Waals surface area contributed by atoms with Crippen LogP contribution in [0.3, 0.4) is 0 Å². The van der Waals surface area contributed by atoms with Crippen molar-refractivity contribution in [1.29, 1.82) is 0 Å². The fraction of sp³-hybridized carbons (Fsp3) is 0.167. The Morgan fingerprint density at radius 3 is 2.73 bits per heavy atom. The lowest BCUT2D eigenvalue weighted by atomic mass is 10.1. The van der Waals surface area contributed by atoms with Gasteiger partial charge in [0.15, 0.2) is 0 Å². The van der Waals surface area contributed by atoms with Gasteiger partial charge in [-0.3, -0.25) is 4.79 Å². The molecule has 3 aromatic rings. The quantitative estimate of drug-likeness (QED) is 0.591. The molecule has 0 saturated carbocycles. The highest BCUT2D eigenvalue weighted by molar-refractivity contribution is 9.10. The fourth-order valence-electron chi connectivity index (χ4n) is 2.89. The third kappa shape index (κ3) is 3.24. The minimum absolute atomic E-state index is 0.0194. The van der Waals surface area contributed by atoms with E-state index in [1.54, 1.807) is 4.90 Å². The normalized spacial score (nSPS) is 17.1. The predicted octanol–water partition coefficient (Wildman–Crippen LogP) is 4.81. The molecule has 0 radical (unpaired) electrons. The number of carbonyl (C=O) groups is 1. The molecule has 1 aliphatic rings. The van der Waals surface area contributed by atoms with Gasteiger partial charge in [-0.05, 0) is 42.5 Å². The molecule has 1 aromatic heterocycles. The van der Waals surface area contributed by atoms with Crippen molar-refractivity contribution in [1.82, 2.24) is 10.1 Å². The lowest BCUT2D eigenvalue weighted by Gasteiger charge is -2.16. The summed E-state index contributed by atoms with van der Waals surface area (Å²) in [4.78, 5) is 18.3. The number of amides is 1. The van der Waals surface area contributed by atoms with Crippen LogP contribution in [0.2, 0.25) is 5.02 Å². The van der Waals surface area contributed by atoms with Crippen molar-refractivity contribution in [3.63, 3.8) is 0 Å². The van der Waals surface area contributed by atoms with E-state index in [1.165, 1.54) is 18.2 Å². The van der Waals surface area contributed by atoms with E-state index in [4.69, 9.17) is 16.1 Å². The molecule has 1 unspecified atom stereocenters. The first kappa shape index (κ1) is 17.2. The van der Waals surface area contributed by atoms with Crippen LogP contribution < -0.4 is 4.90 Å². The van der Waals surface area contributed by atoms with Gasteiger partial charge in [-0.15, -0.1) is 0 Å². The summed E-state index contributed by atoms with van der Waals surface area (Å²) in [6, 6.07) is 11.8. The summed E-state index contributed by atoms with van der Waals surface area (Å²) >= 11 is 9.20. The van der Waals surface area contributed by atoms with E-state index in [2.05, 4.69) is 26.1 Å². The Bertz CT molecular complexity index is 977. The summed E-state index contributed by atoms with van der Waals surface area (Å²) in [6.45, 7) is 0.378. The molecule has 5 nitrogen and oxygen atoms in total. The first-order valence-electron chi connectivity index (χ1n) is 7.86. The van der Waals surface area contributed by atoms with Crippen LogP contribution in [-0.2, 0) is 4.79 Å². The topological polar surface area (TPSA) is 59.2 Å². The van der Waals surface area contributed by atoms with Crippen molar-refractivity contribution in [2.75, 3.05) is 11.4 Å². The van der Waals surface area contributed by atoms with Crippen molar-refractivity contribution >= 4 is 39.1 Å². The van der Waals surface area contributed by atoms with Gasteiger partial charge < -0.3 is 9.42 Å². The summed E-state index contributed by atoms with van der Waals surface area (Å²) in [7, 11) is 0. The van der Waals surface area contributed by atoms with Crippen LogP contribution in [0.1, 0.15) is 18.2 Å².